The highest BCUT2D eigenvalue weighted by molar-refractivity contribution is 6.55. The predicted molar refractivity (Wildman–Crippen MR) is 105 cm³/mol. The molecule has 0 atom stereocenters. The van der Waals surface area contributed by atoms with Crippen molar-refractivity contribution in [1.29, 1.82) is 0 Å². The molecule has 0 spiro atoms. The van der Waals surface area contributed by atoms with Crippen molar-refractivity contribution in [2.24, 2.45) is 5.16 Å². The third-order valence-electron chi connectivity index (χ3n) is 3.21. The highest BCUT2D eigenvalue weighted by Gasteiger charge is 2.10. The van der Waals surface area contributed by atoms with E-state index in [0.29, 0.717) is 19.8 Å². The van der Waals surface area contributed by atoms with Crippen molar-refractivity contribution in [3.63, 3.8) is 0 Å². The van der Waals surface area contributed by atoms with E-state index in [4.69, 9.17) is 37.5 Å². The van der Waals surface area contributed by atoms with Crippen LogP contribution in [0.3, 0.4) is 0 Å². The molecule has 1 rings (SSSR count). The molecule has 0 aliphatic rings. The van der Waals surface area contributed by atoms with Gasteiger partial charge in [-0.3, -0.25) is 0 Å². The molecule has 1 aromatic rings. The average Bonchev–Trinajstić information content (AvgIpc) is 2.52. The normalized spacial score (nSPS) is 10.2. The Morgan fingerprint density at radius 3 is 2.56 bits per heavy atom. The molecule has 0 radical (unpaired) electrons. The number of halogens is 2. The van der Waals surface area contributed by atoms with Gasteiger partial charge in [0.15, 0.2) is 0 Å². The van der Waals surface area contributed by atoms with Gasteiger partial charge in [-0.1, -0.05) is 41.7 Å². The second-order valence-corrected chi connectivity index (χ2v) is 6.86. The first-order chi connectivity index (χ1) is 11.9. The van der Waals surface area contributed by atoms with Crippen LogP contribution in [0.2, 0.25) is 0 Å². The van der Waals surface area contributed by atoms with Crippen molar-refractivity contribution in [3.8, 4) is 11.5 Å². The van der Waals surface area contributed by atoms with Crippen molar-refractivity contribution < 1.29 is 14.3 Å². The Labute approximate surface area is 160 Å². The second kappa shape index (κ2) is 12.0. The molecule has 0 heterocycles. The number of nitrogens with zero attached hydrogens (tertiary/aromatic N) is 1. The number of hydrogen-bond acceptors (Lipinski definition) is 4. The Bertz CT molecular complexity index is 593. The summed E-state index contributed by atoms with van der Waals surface area (Å²) in [7, 11) is 0. The van der Waals surface area contributed by atoms with Crippen molar-refractivity contribution in [1.82, 2.24) is 0 Å². The van der Waals surface area contributed by atoms with Gasteiger partial charge in [0.05, 0.1) is 12.3 Å². The van der Waals surface area contributed by atoms with E-state index in [2.05, 4.69) is 12.1 Å². The summed E-state index contributed by atoms with van der Waals surface area (Å²) in [6.45, 7) is 9.42. The van der Waals surface area contributed by atoms with E-state index in [9.17, 15) is 0 Å². The lowest BCUT2D eigenvalue weighted by atomic mass is 10.0. The highest BCUT2D eigenvalue weighted by atomic mass is 35.5. The molecule has 0 bridgehead atoms. The number of rotatable bonds is 11. The van der Waals surface area contributed by atoms with Crippen LogP contribution in [0.1, 0.15) is 44.7 Å². The van der Waals surface area contributed by atoms with Gasteiger partial charge in [0.2, 0.25) is 0 Å². The van der Waals surface area contributed by atoms with Gasteiger partial charge in [0, 0.05) is 6.42 Å². The maximum Gasteiger partial charge on any atom is 0.125 e. The maximum absolute atomic E-state index is 5.99. The average molecular weight is 388 g/mol. The highest BCUT2D eigenvalue weighted by Crippen LogP contribution is 2.30. The van der Waals surface area contributed by atoms with Crippen molar-refractivity contribution in [2.75, 3.05) is 19.8 Å². The molecular formula is C19H27Cl2NO3. The zero-order valence-corrected chi connectivity index (χ0v) is 16.9. The molecule has 0 amide bonds. The summed E-state index contributed by atoms with van der Waals surface area (Å²) in [6.07, 6.45) is 4.34. The lowest BCUT2D eigenvalue weighted by molar-refractivity contribution is 0.127. The first-order valence-corrected chi connectivity index (χ1v) is 9.23. The van der Waals surface area contributed by atoms with Gasteiger partial charge in [-0.2, -0.15) is 0 Å². The second-order valence-electron chi connectivity index (χ2n) is 5.86. The fraction of sp³-hybridized carbons (Fsp3) is 0.526. The molecule has 0 aliphatic carbocycles. The van der Waals surface area contributed by atoms with Gasteiger partial charge in [-0.15, -0.1) is 0 Å². The Balaban J connectivity index is 2.67. The fourth-order valence-corrected chi connectivity index (χ4v) is 2.36. The minimum absolute atomic E-state index is 0.204. The first-order valence-electron chi connectivity index (χ1n) is 8.47. The van der Waals surface area contributed by atoms with Gasteiger partial charge in [0.25, 0.3) is 0 Å². The van der Waals surface area contributed by atoms with Crippen LogP contribution in [0.5, 0.6) is 11.5 Å². The van der Waals surface area contributed by atoms with Gasteiger partial charge >= 0.3 is 0 Å². The summed E-state index contributed by atoms with van der Waals surface area (Å²) >= 11 is 11.2. The molecule has 0 N–H and O–H groups in total. The Morgan fingerprint density at radius 1 is 1.16 bits per heavy atom. The molecule has 6 heteroatoms. The summed E-state index contributed by atoms with van der Waals surface area (Å²) in [5, 5.41) is 3.91. The van der Waals surface area contributed by atoms with E-state index in [-0.39, 0.29) is 4.49 Å². The van der Waals surface area contributed by atoms with Crippen LogP contribution in [0.4, 0.5) is 0 Å². The van der Waals surface area contributed by atoms with Gasteiger partial charge in [0.1, 0.15) is 29.2 Å². The minimum atomic E-state index is 0.204. The molecule has 0 aliphatic heterocycles. The van der Waals surface area contributed by atoms with Crippen LogP contribution >= 0.6 is 23.2 Å². The molecule has 0 saturated carbocycles. The van der Waals surface area contributed by atoms with Crippen LogP contribution in [-0.4, -0.2) is 25.5 Å². The minimum Gasteiger partial charge on any atom is -0.493 e. The lowest BCUT2D eigenvalue weighted by Crippen LogP contribution is -2.06. The third kappa shape index (κ3) is 9.03. The molecule has 0 fully saturated rings. The summed E-state index contributed by atoms with van der Waals surface area (Å²) < 4.78 is 11.9. The fourth-order valence-electron chi connectivity index (χ4n) is 2.23. The van der Waals surface area contributed by atoms with Gasteiger partial charge < -0.3 is 14.3 Å². The quantitative estimate of drug-likeness (QED) is 0.272. The molecule has 0 aromatic heterocycles. The number of hydrogen-bond donors (Lipinski definition) is 0. The van der Waals surface area contributed by atoms with E-state index < -0.39 is 0 Å². The first kappa shape index (κ1) is 21.7. The van der Waals surface area contributed by atoms with E-state index in [0.717, 1.165) is 47.6 Å². The van der Waals surface area contributed by atoms with Crippen LogP contribution in [0, 0.1) is 6.92 Å². The van der Waals surface area contributed by atoms with E-state index in [1.165, 1.54) is 0 Å². The molecule has 0 unspecified atom stereocenters. The molecule has 4 nitrogen and oxygen atoms in total. The summed E-state index contributed by atoms with van der Waals surface area (Å²) in [6, 6.07) is 3.98. The Kier molecular flexibility index (Phi) is 10.4. The topological polar surface area (TPSA) is 40.0 Å². The van der Waals surface area contributed by atoms with Crippen LogP contribution in [-0.2, 0) is 11.3 Å². The Morgan fingerprint density at radius 2 is 1.92 bits per heavy atom. The van der Waals surface area contributed by atoms with Crippen molar-refractivity contribution >= 4 is 28.9 Å². The molecule has 25 heavy (non-hydrogen) atoms. The van der Waals surface area contributed by atoms with Crippen LogP contribution in [0.25, 0.3) is 0 Å². The molecular weight excluding hydrogens is 361 g/mol. The van der Waals surface area contributed by atoms with Gasteiger partial charge in [-0.25, -0.2) is 0 Å². The predicted octanol–water partition coefficient (Wildman–Crippen LogP) is 5.83. The van der Waals surface area contributed by atoms with Gasteiger partial charge in [-0.05, 0) is 56.5 Å². The summed E-state index contributed by atoms with van der Waals surface area (Å²) in [4.78, 5) is 5.18. The van der Waals surface area contributed by atoms with Crippen molar-refractivity contribution in [3.05, 3.63) is 33.8 Å². The van der Waals surface area contributed by atoms with E-state index in [1.54, 1.807) is 6.08 Å². The number of oxime groups is 1. The van der Waals surface area contributed by atoms with Crippen LogP contribution in [0.15, 0.2) is 27.9 Å². The molecule has 1 aromatic carbocycles. The standard InChI is InChI=1S/C19H27Cl2NO3/c1-5-7-16-13-17(23-11-8-18(20)21)12-15(4)19(16)24-9-6-10-25-22-14(2)3/h8,12-13H,5-7,9-11H2,1-4H3. The SMILES string of the molecule is CCCc1cc(OCC=C(Cl)Cl)cc(C)c1OCCCON=C(C)C. The van der Waals surface area contributed by atoms with E-state index in [1.807, 2.05) is 32.9 Å². The molecule has 140 valence electrons. The number of benzene rings is 1. The number of ether oxygens (including phenoxy) is 2. The largest absolute Gasteiger partial charge is 0.493 e. The molecule has 0 saturated heterocycles. The number of aryl methyl sites for hydroxylation is 2. The maximum atomic E-state index is 5.99. The lowest BCUT2D eigenvalue weighted by Gasteiger charge is -2.16. The Hall–Kier alpha value is -1.39. The summed E-state index contributed by atoms with van der Waals surface area (Å²) in [5.74, 6) is 1.71. The zero-order chi connectivity index (χ0) is 18.7. The monoisotopic (exact) mass is 387 g/mol. The smallest absolute Gasteiger partial charge is 0.125 e. The van der Waals surface area contributed by atoms with E-state index >= 15 is 0 Å². The third-order valence-corrected chi connectivity index (χ3v) is 3.51. The van der Waals surface area contributed by atoms with Crippen LogP contribution < -0.4 is 9.47 Å². The zero-order valence-electron chi connectivity index (χ0n) is 15.4. The summed E-state index contributed by atoms with van der Waals surface area (Å²) in [5.41, 5.74) is 3.09. The van der Waals surface area contributed by atoms with Crippen molar-refractivity contribution in [2.45, 2.75) is 47.0 Å².